The van der Waals surface area contributed by atoms with Crippen LogP contribution in [-0.4, -0.2) is 59.6 Å². The van der Waals surface area contributed by atoms with Gasteiger partial charge in [0.1, 0.15) is 11.0 Å². The number of para-hydroxylation sites is 1. The third-order valence-electron chi connectivity index (χ3n) is 3.83. The molecule has 0 saturated carbocycles. The predicted molar refractivity (Wildman–Crippen MR) is 91.8 cm³/mol. The number of benzene rings is 1. The number of carbonyl (C=O) groups is 3. The summed E-state index contributed by atoms with van der Waals surface area (Å²) in [7, 11) is 3.05. The first-order chi connectivity index (χ1) is 12.0. The van der Waals surface area contributed by atoms with Crippen LogP contribution in [-0.2, 0) is 20.9 Å². The number of imide groups is 1. The van der Waals surface area contributed by atoms with E-state index in [0.29, 0.717) is 6.54 Å². The molecule has 1 aliphatic rings. The largest absolute Gasteiger partial charge is 0.469 e. The molecule has 0 aliphatic carbocycles. The Kier molecular flexibility index (Phi) is 4.95. The van der Waals surface area contributed by atoms with Crippen LogP contribution in [0.3, 0.4) is 0 Å². The van der Waals surface area contributed by atoms with Crippen LogP contribution in [0.15, 0.2) is 24.3 Å². The molecule has 1 atom stereocenters. The van der Waals surface area contributed by atoms with Gasteiger partial charge in [0.15, 0.2) is 0 Å². The molecule has 132 valence electrons. The van der Waals surface area contributed by atoms with Gasteiger partial charge in [-0.2, -0.15) is 0 Å². The molecule has 1 aliphatic heterocycles. The topological polar surface area (TPSA) is 91.8 Å². The number of hydrogen-bond donors (Lipinski definition) is 1. The Bertz CT molecular complexity index is 788. The number of thiazole rings is 1. The minimum absolute atomic E-state index is 0.123. The molecule has 1 unspecified atom stereocenters. The van der Waals surface area contributed by atoms with Gasteiger partial charge in [-0.15, -0.1) is 11.3 Å². The van der Waals surface area contributed by atoms with E-state index in [2.05, 4.69) is 15.0 Å². The number of carbonyl (C=O) groups excluding carboxylic acids is 3. The first-order valence-corrected chi connectivity index (χ1v) is 8.51. The molecule has 2 aromatic rings. The van der Waals surface area contributed by atoms with Crippen molar-refractivity contribution >= 4 is 39.5 Å². The highest BCUT2D eigenvalue weighted by molar-refractivity contribution is 7.18. The second-order valence-corrected chi connectivity index (χ2v) is 6.89. The van der Waals surface area contributed by atoms with Crippen molar-refractivity contribution in [1.82, 2.24) is 20.1 Å². The fourth-order valence-electron chi connectivity index (χ4n) is 2.61. The Hall–Kier alpha value is -2.52. The van der Waals surface area contributed by atoms with E-state index in [1.165, 1.54) is 7.11 Å². The monoisotopic (exact) mass is 362 g/mol. The van der Waals surface area contributed by atoms with Crippen LogP contribution in [0, 0.1) is 0 Å². The fraction of sp³-hybridized carbons (Fsp3) is 0.375. The molecule has 3 amide bonds. The van der Waals surface area contributed by atoms with Gasteiger partial charge in [0.25, 0.3) is 5.91 Å². The van der Waals surface area contributed by atoms with Crippen LogP contribution in [0.25, 0.3) is 10.2 Å². The quantitative estimate of drug-likeness (QED) is 0.613. The highest BCUT2D eigenvalue weighted by Crippen LogP contribution is 2.22. The third-order valence-corrected chi connectivity index (χ3v) is 4.85. The molecule has 8 nitrogen and oxygen atoms in total. The molecule has 1 N–H and O–H groups in total. The number of nitrogens with one attached hydrogen (secondary N) is 1. The van der Waals surface area contributed by atoms with Gasteiger partial charge in [0.2, 0.25) is 0 Å². The van der Waals surface area contributed by atoms with E-state index in [9.17, 15) is 14.4 Å². The summed E-state index contributed by atoms with van der Waals surface area (Å²) in [6.45, 7) is 0.635. The van der Waals surface area contributed by atoms with E-state index < -0.39 is 23.9 Å². The van der Waals surface area contributed by atoms with Gasteiger partial charge in [-0.05, 0) is 19.2 Å². The average molecular weight is 362 g/mol. The Morgan fingerprint density at radius 2 is 2.16 bits per heavy atom. The number of aromatic nitrogens is 1. The lowest BCUT2D eigenvalue weighted by Gasteiger charge is -2.21. The van der Waals surface area contributed by atoms with Crippen molar-refractivity contribution in [3.05, 3.63) is 29.3 Å². The second-order valence-electron chi connectivity index (χ2n) is 5.78. The maximum atomic E-state index is 12.3. The SMILES string of the molecule is COC(=O)CC1NC(=O)N(CN(C)Cc2nc3ccccc3s2)C1=O. The standard InChI is InChI=1S/C16H18N4O4S/c1-19(8-13-17-10-5-3-4-6-12(10)25-13)9-20-15(22)11(18-16(20)23)7-14(21)24-2/h3-6,11H,7-9H2,1-2H3,(H,18,23). The molecule has 1 fully saturated rings. The van der Waals surface area contributed by atoms with Crippen molar-refractivity contribution in [2.45, 2.75) is 19.0 Å². The summed E-state index contributed by atoms with van der Waals surface area (Å²) in [6.07, 6.45) is -0.168. The number of rotatable bonds is 6. The van der Waals surface area contributed by atoms with Gasteiger partial charge >= 0.3 is 12.0 Å². The molecule has 1 saturated heterocycles. The Morgan fingerprint density at radius 3 is 2.88 bits per heavy atom. The van der Waals surface area contributed by atoms with E-state index in [1.807, 2.05) is 29.2 Å². The van der Waals surface area contributed by atoms with Crippen LogP contribution >= 0.6 is 11.3 Å². The summed E-state index contributed by atoms with van der Waals surface area (Å²) >= 11 is 1.58. The van der Waals surface area contributed by atoms with E-state index in [-0.39, 0.29) is 13.1 Å². The molecule has 0 spiro atoms. The smallest absolute Gasteiger partial charge is 0.325 e. The molecule has 1 aromatic heterocycles. The summed E-state index contributed by atoms with van der Waals surface area (Å²) in [5.74, 6) is -0.963. The van der Waals surface area contributed by atoms with Crippen LogP contribution < -0.4 is 5.32 Å². The summed E-state index contributed by atoms with van der Waals surface area (Å²) in [5.41, 5.74) is 0.934. The Labute approximate surface area is 148 Å². The van der Waals surface area contributed by atoms with Gasteiger partial charge in [-0.3, -0.25) is 14.5 Å². The molecule has 1 aromatic carbocycles. The van der Waals surface area contributed by atoms with Gasteiger partial charge in [-0.25, -0.2) is 14.7 Å². The molecule has 2 heterocycles. The zero-order chi connectivity index (χ0) is 18.0. The summed E-state index contributed by atoms with van der Waals surface area (Å²) in [4.78, 5) is 43.1. The van der Waals surface area contributed by atoms with Crippen LogP contribution in [0.2, 0.25) is 0 Å². The van der Waals surface area contributed by atoms with Gasteiger partial charge in [0.05, 0.1) is 37.0 Å². The average Bonchev–Trinajstić information content (AvgIpc) is 3.10. The van der Waals surface area contributed by atoms with Crippen molar-refractivity contribution in [3.8, 4) is 0 Å². The minimum Gasteiger partial charge on any atom is -0.469 e. The number of amides is 3. The van der Waals surface area contributed by atoms with Gasteiger partial charge in [0, 0.05) is 0 Å². The van der Waals surface area contributed by atoms with E-state index >= 15 is 0 Å². The minimum atomic E-state index is -0.865. The number of urea groups is 1. The second kappa shape index (κ2) is 7.16. The zero-order valence-corrected chi connectivity index (χ0v) is 14.7. The van der Waals surface area contributed by atoms with E-state index in [0.717, 1.165) is 20.1 Å². The Balaban J connectivity index is 1.62. The van der Waals surface area contributed by atoms with Crippen molar-refractivity contribution in [3.63, 3.8) is 0 Å². The van der Waals surface area contributed by atoms with Gasteiger partial charge < -0.3 is 10.1 Å². The predicted octanol–water partition coefficient (Wildman–Crippen LogP) is 1.17. The van der Waals surface area contributed by atoms with Crippen molar-refractivity contribution in [2.75, 3.05) is 20.8 Å². The third kappa shape index (κ3) is 3.77. The molecular formula is C16H18N4O4S. The maximum absolute atomic E-state index is 12.3. The zero-order valence-electron chi connectivity index (χ0n) is 13.9. The molecule has 9 heteroatoms. The molecule has 0 radical (unpaired) electrons. The highest BCUT2D eigenvalue weighted by atomic mass is 32.1. The maximum Gasteiger partial charge on any atom is 0.325 e. The molecule has 25 heavy (non-hydrogen) atoms. The van der Waals surface area contributed by atoms with Crippen molar-refractivity contribution < 1.29 is 19.1 Å². The molecule has 3 rings (SSSR count). The summed E-state index contributed by atoms with van der Waals surface area (Å²) < 4.78 is 5.64. The number of esters is 1. The summed E-state index contributed by atoms with van der Waals surface area (Å²) in [5, 5.41) is 3.41. The number of ether oxygens (including phenoxy) is 1. The number of nitrogens with zero attached hydrogens (tertiary/aromatic N) is 3. The molecule has 0 bridgehead atoms. The molecular weight excluding hydrogens is 344 g/mol. The van der Waals surface area contributed by atoms with E-state index in [4.69, 9.17) is 0 Å². The lowest BCUT2D eigenvalue weighted by Crippen LogP contribution is -2.40. The number of methoxy groups -OCH3 is 1. The van der Waals surface area contributed by atoms with Crippen molar-refractivity contribution in [2.24, 2.45) is 0 Å². The fourth-order valence-corrected chi connectivity index (χ4v) is 3.66. The van der Waals surface area contributed by atoms with Crippen LogP contribution in [0.5, 0.6) is 0 Å². The first kappa shape index (κ1) is 17.3. The Morgan fingerprint density at radius 1 is 1.40 bits per heavy atom. The normalized spacial score (nSPS) is 17.4. The first-order valence-electron chi connectivity index (χ1n) is 7.69. The van der Waals surface area contributed by atoms with Crippen LogP contribution in [0.4, 0.5) is 4.79 Å². The number of hydrogen-bond acceptors (Lipinski definition) is 7. The van der Waals surface area contributed by atoms with Crippen molar-refractivity contribution in [1.29, 1.82) is 0 Å². The highest BCUT2D eigenvalue weighted by Gasteiger charge is 2.39. The van der Waals surface area contributed by atoms with Gasteiger partial charge in [-0.1, -0.05) is 12.1 Å². The summed E-state index contributed by atoms with van der Waals surface area (Å²) in [6, 6.07) is 6.48. The lowest BCUT2D eigenvalue weighted by atomic mass is 10.2. The number of fused-ring (bicyclic) bond motifs is 1. The van der Waals surface area contributed by atoms with E-state index in [1.54, 1.807) is 18.4 Å². The van der Waals surface area contributed by atoms with Crippen LogP contribution in [0.1, 0.15) is 11.4 Å². The lowest BCUT2D eigenvalue weighted by molar-refractivity contribution is -0.143.